The third-order valence-corrected chi connectivity index (χ3v) is 3.01. The summed E-state index contributed by atoms with van der Waals surface area (Å²) in [7, 11) is 0. The second-order valence-electron chi connectivity index (χ2n) is 3.57. The molecule has 0 aliphatic carbocycles. The molecule has 0 bridgehead atoms. The van der Waals surface area contributed by atoms with E-state index >= 15 is 0 Å². The Bertz CT molecular complexity index is 610. The van der Waals surface area contributed by atoms with E-state index in [0.29, 0.717) is 10.7 Å². The maximum absolute atomic E-state index is 8.52. The molecule has 0 amide bonds. The Morgan fingerprint density at radius 2 is 2.06 bits per heavy atom. The molecule has 17 heavy (non-hydrogen) atoms. The fourth-order valence-corrected chi connectivity index (χ4v) is 1.75. The molecular formula is C11H10ClN5. The predicted octanol–water partition coefficient (Wildman–Crippen LogP) is 4.08. The maximum atomic E-state index is 8.52. The molecule has 0 fully saturated rings. The quantitative estimate of drug-likeness (QED) is 0.448. The summed E-state index contributed by atoms with van der Waals surface area (Å²) in [5, 5.41) is 8.59. The molecule has 1 aromatic carbocycles. The van der Waals surface area contributed by atoms with Crippen molar-refractivity contribution in [2.45, 2.75) is 13.8 Å². The van der Waals surface area contributed by atoms with Gasteiger partial charge in [-0.15, -0.1) is 0 Å². The fraction of sp³-hybridized carbons (Fsp3) is 0.182. The Morgan fingerprint density at radius 1 is 1.35 bits per heavy atom. The third kappa shape index (κ3) is 1.98. The van der Waals surface area contributed by atoms with E-state index < -0.39 is 0 Å². The van der Waals surface area contributed by atoms with Gasteiger partial charge in [0.05, 0.1) is 27.8 Å². The van der Waals surface area contributed by atoms with Gasteiger partial charge in [0.15, 0.2) is 0 Å². The second-order valence-corrected chi connectivity index (χ2v) is 3.95. The van der Waals surface area contributed by atoms with Crippen molar-refractivity contribution in [1.29, 1.82) is 0 Å². The second kappa shape index (κ2) is 4.49. The summed E-state index contributed by atoms with van der Waals surface area (Å²) in [5.74, 6) is 0. The third-order valence-electron chi connectivity index (χ3n) is 2.47. The summed E-state index contributed by atoms with van der Waals surface area (Å²) < 4.78 is 1.68. The number of para-hydroxylation sites is 1. The molecule has 0 aliphatic rings. The molecule has 0 radical (unpaired) electrons. The van der Waals surface area contributed by atoms with Crippen LogP contribution >= 0.6 is 11.6 Å². The lowest BCUT2D eigenvalue weighted by atomic mass is 10.2. The molecule has 2 rings (SSSR count). The highest BCUT2D eigenvalue weighted by molar-refractivity contribution is 6.31. The van der Waals surface area contributed by atoms with Gasteiger partial charge in [-0.1, -0.05) is 34.9 Å². The first kappa shape index (κ1) is 11.5. The van der Waals surface area contributed by atoms with E-state index in [1.54, 1.807) is 16.8 Å². The van der Waals surface area contributed by atoms with Crippen LogP contribution in [0.1, 0.15) is 11.4 Å². The van der Waals surface area contributed by atoms with Crippen molar-refractivity contribution in [3.05, 3.63) is 51.1 Å². The number of hydrogen-bond donors (Lipinski definition) is 0. The Labute approximate surface area is 103 Å². The summed E-state index contributed by atoms with van der Waals surface area (Å²) in [5.41, 5.74) is 11.3. The zero-order valence-corrected chi connectivity index (χ0v) is 10.2. The van der Waals surface area contributed by atoms with Crippen LogP contribution in [0, 0.1) is 13.8 Å². The van der Waals surface area contributed by atoms with Gasteiger partial charge in [0.1, 0.15) is 0 Å². The van der Waals surface area contributed by atoms with Gasteiger partial charge in [0.25, 0.3) is 0 Å². The number of nitrogens with zero attached hydrogens (tertiary/aromatic N) is 5. The first-order chi connectivity index (χ1) is 8.15. The molecule has 2 aromatic rings. The van der Waals surface area contributed by atoms with Crippen LogP contribution in [-0.4, -0.2) is 9.78 Å². The number of aryl methyl sites for hydroxylation is 1. The average Bonchev–Trinajstić information content (AvgIpc) is 2.58. The number of azide groups is 1. The average molecular weight is 248 g/mol. The SMILES string of the molecule is Cc1nn(-c2ccccc2N=[N+]=[N-])c(C)c1Cl. The molecule has 0 atom stereocenters. The van der Waals surface area contributed by atoms with Gasteiger partial charge in [-0.05, 0) is 25.4 Å². The number of rotatable bonds is 2. The topological polar surface area (TPSA) is 66.6 Å². The monoisotopic (exact) mass is 247 g/mol. The summed E-state index contributed by atoms with van der Waals surface area (Å²) in [4.78, 5) is 2.80. The Hall–Kier alpha value is -1.97. The molecule has 1 heterocycles. The highest BCUT2D eigenvalue weighted by atomic mass is 35.5. The molecule has 0 N–H and O–H groups in total. The van der Waals surface area contributed by atoms with Crippen LogP contribution in [-0.2, 0) is 0 Å². The highest BCUT2D eigenvalue weighted by Crippen LogP contribution is 2.28. The largest absolute Gasteiger partial charge is 0.236 e. The van der Waals surface area contributed by atoms with E-state index in [0.717, 1.165) is 17.1 Å². The fourth-order valence-electron chi connectivity index (χ4n) is 1.63. The van der Waals surface area contributed by atoms with E-state index in [9.17, 15) is 0 Å². The molecule has 0 saturated carbocycles. The van der Waals surface area contributed by atoms with E-state index in [1.807, 2.05) is 26.0 Å². The van der Waals surface area contributed by atoms with Crippen molar-refractivity contribution in [2.24, 2.45) is 5.11 Å². The smallest absolute Gasteiger partial charge is 0.0848 e. The number of hydrogen-bond acceptors (Lipinski definition) is 2. The van der Waals surface area contributed by atoms with Crippen molar-refractivity contribution >= 4 is 17.3 Å². The van der Waals surface area contributed by atoms with Crippen LogP contribution in [0.5, 0.6) is 0 Å². The van der Waals surface area contributed by atoms with Gasteiger partial charge in [-0.3, -0.25) is 0 Å². The van der Waals surface area contributed by atoms with Gasteiger partial charge < -0.3 is 0 Å². The number of halogens is 1. The van der Waals surface area contributed by atoms with Gasteiger partial charge in [0.2, 0.25) is 0 Å². The minimum Gasteiger partial charge on any atom is -0.236 e. The maximum Gasteiger partial charge on any atom is 0.0848 e. The van der Waals surface area contributed by atoms with Crippen molar-refractivity contribution < 1.29 is 0 Å². The first-order valence-corrected chi connectivity index (χ1v) is 5.39. The Morgan fingerprint density at radius 3 is 2.65 bits per heavy atom. The van der Waals surface area contributed by atoms with Gasteiger partial charge >= 0.3 is 0 Å². The minimum absolute atomic E-state index is 0.525. The van der Waals surface area contributed by atoms with Crippen LogP contribution < -0.4 is 0 Å². The van der Waals surface area contributed by atoms with Gasteiger partial charge in [0, 0.05) is 4.91 Å². The lowest BCUT2D eigenvalue weighted by molar-refractivity contribution is 0.833. The molecule has 0 saturated heterocycles. The van der Waals surface area contributed by atoms with E-state index in [2.05, 4.69) is 15.1 Å². The van der Waals surface area contributed by atoms with Crippen LogP contribution in [0.4, 0.5) is 5.69 Å². The van der Waals surface area contributed by atoms with Gasteiger partial charge in [-0.25, -0.2) is 4.68 Å². The molecular weight excluding hydrogens is 238 g/mol. The number of aromatic nitrogens is 2. The molecule has 0 aliphatic heterocycles. The Balaban J connectivity index is 2.68. The van der Waals surface area contributed by atoms with E-state index in [1.165, 1.54) is 0 Å². The molecule has 5 nitrogen and oxygen atoms in total. The lowest BCUT2D eigenvalue weighted by Crippen LogP contribution is -1.99. The Kier molecular flexibility index (Phi) is 3.04. The van der Waals surface area contributed by atoms with Gasteiger partial charge in [-0.2, -0.15) is 5.10 Å². The molecule has 86 valence electrons. The first-order valence-electron chi connectivity index (χ1n) is 5.01. The summed E-state index contributed by atoms with van der Waals surface area (Å²) in [6.07, 6.45) is 0. The van der Waals surface area contributed by atoms with Crippen LogP contribution in [0.3, 0.4) is 0 Å². The summed E-state index contributed by atoms with van der Waals surface area (Å²) in [6.45, 7) is 3.71. The number of benzene rings is 1. The zero-order chi connectivity index (χ0) is 12.4. The van der Waals surface area contributed by atoms with Crippen LogP contribution in [0.25, 0.3) is 16.1 Å². The summed E-state index contributed by atoms with van der Waals surface area (Å²) in [6, 6.07) is 7.23. The lowest BCUT2D eigenvalue weighted by Gasteiger charge is -2.06. The molecule has 6 heteroatoms. The van der Waals surface area contributed by atoms with Crippen LogP contribution in [0.2, 0.25) is 5.02 Å². The zero-order valence-electron chi connectivity index (χ0n) is 9.42. The van der Waals surface area contributed by atoms with Crippen LogP contribution in [0.15, 0.2) is 29.4 Å². The minimum atomic E-state index is 0.525. The van der Waals surface area contributed by atoms with Crippen molar-refractivity contribution in [1.82, 2.24) is 9.78 Å². The van der Waals surface area contributed by atoms with Crippen molar-refractivity contribution in [3.8, 4) is 5.69 Å². The van der Waals surface area contributed by atoms with Crippen molar-refractivity contribution in [2.75, 3.05) is 0 Å². The van der Waals surface area contributed by atoms with E-state index in [4.69, 9.17) is 17.1 Å². The molecule has 1 aromatic heterocycles. The highest BCUT2D eigenvalue weighted by Gasteiger charge is 2.12. The summed E-state index contributed by atoms with van der Waals surface area (Å²) >= 11 is 6.09. The predicted molar refractivity (Wildman–Crippen MR) is 66.9 cm³/mol. The molecule has 0 unspecified atom stereocenters. The molecule has 0 spiro atoms. The normalized spacial score (nSPS) is 10.1. The van der Waals surface area contributed by atoms with E-state index in [-0.39, 0.29) is 0 Å². The van der Waals surface area contributed by atoms with Crippen molar-refractivity contribution in [3.63, 3.8) is 0 Å². The standard InChI is InChI=1S/C11H10ClN5/c1-7-11(12)8(2)17(15-7)10-6-4-3-5-9(10)14-16-13/h3-6H,1-2H3.